The monoisotopic (exact) mass is 409 g/mol. The summed E-state index contributed by atoms with van der Waals surface area (Å²) in [5.74, 6) is -1.56. The number of benzene rings is 3. The lowest BCUT2D eigenvalue weighted by molar-refractivity contribution is -0.137. The lowest BCUT2D eigenvalue weighted by atomic mass is 10.3. The van der Waals surface area contributed by atoms with Crippen LogP contribution in [0.4, 0.5) is 0 Å². The molecule has 3 aromatic carbocycles. The minimum absolute atomic E-state index is 0.203. The van der Waals surface area contributed by atoms with Crippen LogP contribution < -0.4 is 15.9 Å². The molecule has 0 aliphatic rings. The third-order valence-electron chi connectivity index (χ3n) is 4.48. The van der Waals surface area contributed by atoms with E-state index in [0.29, 0.717) is 6.42 Å². The molecular weight excluding hydrogens is 383 g/mol. The van der Waals surface area contributed by atoms with E-state index in [4.69, 9.17) is 15.0 Å². The Morgan fingerprint density at radius 1 is 0.690 bits per heavy atom. The Balaban J connectivity index is 0.000000687. The number of hydrogen-bond acceptors (Lipinski definition) is 2. The second kappa shape index (κ2) is 11.1. The number of aliphatic carboxylic acids is 2. The molecule has 0 aliphatic carbocycles. The Morgan fingerprint density at radius 2 is 1.00 bits per heavy atom. The minimum atomic E-state index is -1.87. The summed E-state index contributed by atoms with van der Waals surface area (Å²) in [4.78, 5) is 20.1. The minimum Gasteiger partial charge on any atom is -0.481 e. The molecule has 0 saturated heterocycles. The highest BCUT2D eigenvalue weighted by Crippen LogP contribution is 2.55. The van der Waals surface area contributed by atoms with Crippen molar-refractivity contribution in [2.24, 2.45) is 0 Å². The van der Waals surface area contributed by atoms with E-state index in [1.165, 1.54) is 15.9 Å². The molecule has 29 heavy (non-hydrogen) atoms. The second-order valence-corrected chi connectivity index (χ2v) is 10.2. The molecule has 4 nitrogen and oxygen atoms in total. The molecule has 0 aliphatic heterocycles. The van der Waals surface area contributed by atoms with Gasteiger partial charge in [0.25, 0.3) is 5.97 Å². The van der Waals surface area contributed by atoms with Gasteiger partial charge in [0.05, 0.1) is 6.16 Å². The largest absolute Gasteiger partial charge is 0.481 e. The van der Waals surface area contributed by atoms with Crippen LogP contribution in [-0.4, -0.2) is 28.3 Å². The van der Waals surface area contributed by atoms with Gasteiger partial charge in [-0.15, -0.1) is 0 Å². The first kappa shape index (κ1) is 22.3. The first-order valence-electron chi connectivity index (χ1n) is 9.43. The van der Waals surface area contributed by atoms with Crippen LogP contribution in [0, 0.1) is 0 Å². The average molecular weight is 409 g/mol. The van der Waals surface area contributed by atoms with E-state index in [2.05, 4.69) is 72.8 Å². The zero-order valence-corrected chi connectivity index (χ0v) is 17.3. The molecule has 2 N–H and O–H groups in total. The van der Waals surface area contributed by atoms with Crippen LogP contribution in [0.15, 0.2) is 91.0 Å². The van der Waals surface area contributed by atoms with Crippen molar-refractivity contribution in [1.82, 2.24) is 0 Å². The molecule has 150 valence electrons. The SMILES string of the molecule is CC(=O)O.O=C(O)CCC[P+](c1ccccc1)(c1ccccc1)c1ccccc1. The van der Waals surface area contributed by atoms with E-state index in [9.17, 15) is 4.79 Å². The summed E-state index contributed by atoms with van der Waals surface area (Å²) >= 11 is 0. The zero-order valence-electron chi connectivity index (χ0n) is 16.4. The highest BCUT2D eigenvalue weighted by molar-refractivity contribution is 7.95. The van der Waals surface area contributed by atoms with E-state index >= 15 is 0 Å². The molecular formula is C24H26O4P+. The molecule has 0 saturated carbocycles. The molecule has 0 fully saturated rings. The smallest absolute Gasteiger partial charge is 0.303 e. The molecule has 0 bridgehead atoms. The fourth-order valence-electron chi connectivity index (χ4n) is 3.35. The van der Waals surface area contributed by atoms with Crippen LogP contribution in [0.25, 0.3) is 0 Å². The lowest BCUT2D eigenvalue weighted by Gasteiger charge is -2.27. The van der Waals surface area contributed by atoms with Crippen molar-refractivity contribution in [3.63, 3.8) is 0 Å². The molecule has 0 heterocycles. The first-order chi connectivity index (χ1) is 14.0. The molecule has 0 spiro atoms. The van der Waals surface area contributed by atoms with Gasteiger partial charge in [0.2, 0.25) is 0 Å². The van der Waals surface area contributed by atoms with Crippen molar-refractivity contribution < 1.29 is 19.8 Å². The number of rotatable bonds is 7. The highest BCUT2D eigenvalue weighted by atomic mass is 31.2. The molecule has 0 unspecified atom stereocenters. The highest BCUT2D eigenvalue weighted by Gasteiger charge is 2.44. The fraction of sp³-hybridized carbons (Fsp3) is 0.167. The molecule has 5 heteroatoms. The quantitative estimate of drug-likeness (QED) is 0.580. The molecule has 3 rings (SSSR count). The Hall–Kier alpha value is -2.97. The van der Waals surface area contributed by atoms with Crippen molar-refractivity contribution in [2.75, 3.05) is 6.16 Å². The number of carboxylic acid groups (broad SMARTS) is 2. The van der Waals surface area contributed by atoms with Gasteiger partial charge < -0.3 is 10.2 Å². The van der Waals surface area contributed by atoms with E-state index < -0.39 is 19.2 Å². The van der Waals surface area contributed by atoms with Crippen molar-refractivity contribution in [2.45, 2.75) is 19.8 Å². The van der Waals surface area contributed by atoms with Crippen molar-refractivity contribution >= 4 is 35.1 Å². The molecule has 0 aromatic heterocycles. The first-order valence-corrected chi connectivity index (χ1v) is 11.4. The molecule has 0 amide bonds. The predicted octanol–water partition coefficient (Wildman–Crippen LogP) is 3.94. The van der Waals surface area contributed by atoms with Gasteiger partial charge in [-0.2, -0.15) is 0 Å². The molecule has 0 atom stereocenters. The fourth-order valence-corrected chi connectivity index (χ4v) is 7.69. The van der Waals surface area contributed by atoms with Crippen molar-refractivity contribution in [3.8, 4) is 0 Å². The second-order valence-electron chi connectivity index (χ2n) is 6.56. The Morgan fingerprint density at radius 3 is 1.28 bits per heavy atom. The maximum absolute atomic E-state index is 11.1. The standard InChI is InChI=1S/C22H21O2P.C2H4O2/c23-22(24)17-10-18-25(19-11-4-1-5-12-19,20-13-6-2-7-14-20)21-15-8-3-9-16-21;1-2(3)4/h1-9,11-16H,10,17-18H2;1H3,(H,3,4)/p+1. The van der Waals surface area contributed by atoms with Crippen LogP contribution in [0.5, 0.6) is 0 Å². The van der Waals surface area contributed by atoms with Crippen molar-refractivity contribution in [1.29, 1.82) is 0 Å². The maximum atomic E-state index is 11.1. The number of carboxylic acids is 2. The van der Waals surface area contributed by atoms with E-state index in [0.717, 1.165) is 13.1 Å². The summed E-state index contributed by atoms with van der Waals surface area (Å²) in [5.41, 5.74) is 0. The van der Waals surface area contributed by atoms with Crippen LogP contribution in [0.3, 0.4) is 0 Å². The van der Waals surface area contributed by atoms with Gasteiger partial charge >= 0.3 is 5.97 Å². The number of carbonyl (C=O) groups is 2. The summed E-state index contributed by atoms with van der Waals surface area (Å²) in [6.07, 6.45) is 1.73. The third-order valence-corrected chi connectivity index (χ3v) is 9.00. The molecule has 3 aromatic rings. The third kappa shape index (κ3) is 6.27. The average Bonchev–Trinajstić information content (AvgIpc) is 2.73. The van der Waals surface area contributed by atoms with Gasteiger partial charge in [0.15, 0.2) is 0 Å². The topological polar surface area (TPSA) is 74.6 Å². The van der Waals surface area contributed by atoms with Crippen LogP contribution >= 0.6 is 7.26 Å². The Labute approximate surface area is 172 Å². The van der Waals surface area contributed by atoms with Gasteiger partial charge in [-0.05, 0) is 42.8 Å². The van der Waals surface area contributed by atoms with Gasteiger partial charge in [-0.1, -0.05) is 54.6 Å². The molecule has 0 radical (unpaired) electrons. The lowest BCUT2D eigenvalue weighted by Crippen LogP contribution is -2.33. The van der Waals surface area contributed by atoms with Crippen LogP contribution in [-0.2, 0) is 9.59 Å². The summed E-state index contributed by atoms with van der Waals surface area (Å²) < 4.78 is 0. The Bertz CT molecular complexity index is 795. The summed E-state index contributed by atoms with van der Waals surface area (Å²) in [6.45, 7) is 1.08. The van der Waals surface area contributed by atoms with Crippen molar-refractivity contribution in [3.05, 3.63) is 91.0 Å². The van der Waals surface area contributed by atoms with Gasteiger partial charge in [0.1, 0.15) is 23.2 Å². The van der Waals surface area contributed by atoms with Gasteiger partial charge in [-0.3, -0.25) is 9.59 Å². The Kier molecular flexibility index (Phi) is 8.57. The van der Waals surface area contributed by atoms with Gasteiger partial charge in [0, 0.05) is 13.3 Å². The summed E-state index contributed by atoms with van der Waals surface area (Å²) in [5, 5.41) is 20.5. The summed E-state index contributed by atoms with van der Waals surface area (Å²) in [7, 11) is -1.87. The maximum Gasteiger partial charge on any atom is 0.303 e. The van der Waals surface area contributed by atoms with E-state index in [1.807, 2.05) is 18.2 Å². The normalized spacial score (nSPS) is 10.5. The summed E-state index contributed by atoms with van der Waals surface area (Å²) in [6, 6.07) is 31.7. The van der Waals surface area contributed by atoms with E-state index in [-0.39, 0.29) is 6.42 Å². The number of hydrogen-bond donors (Lipinski definition) is 2. The zero-order chi connectivity index (χ0) is 21.1. The van der Waals surface area contributed by atoms with Crippen LogP contribution in [0.2, 0.25) is 0 Å². The van der Waals surface area contributed by atoms with Gasteiger partial charge in [-0.25, -0.2) is 0 Å². The van der Waals surface area contributed by atoms with E-state index in [1.54, 1.807) is 0 Å². The predicted molar refractivity (Wildman–Crippen MR) is 120 cm³/mol. The van der Waals surface area contributed by atoms with Crippen LogP contribution in [0.1, 0.15) is 19.8 Å².